The number of fused-ring (bicyclic) bond motifs is 1. The Labute approximate surface area is 120 Å². The lowest BCUT2D eigenvalue weighted by Gasteiger charge is -2.15. The van der Waals surface area contributed by atoms with Gasteiger partial charge in [0.15, 0.2) is 4.96 Å². The van der Waals surface area contributed by atoms with E-state index in [1.165, 1.54) is 21.8 Å². The molecule has 3 rings (SSSR count). The van der Waals surface area contributed by atoms with Crippen molar-refractivity contribution in [2.45, 2.75) is 25.4 Å². The van der Waals surface area contributed by atoms with Crippen LogP contribution in [0.1, 0.15) is 18.5 Å². The molecule has 1 fully saturated rings. The van der Waals surface area contributed by atoms with Gasteiger partial charge in [0.1, 0.15) is 0 Å². The number of amides is 1. The first-order valence-corrected chi connectivity index (χ1v) is 7.43. The average Bonchev–Trinajstić information content (AvgIpc) is 3.03. The Morgan fingerprint density at radius 2 is 2.40 bits per heavy atom. The fourth-order valence-electron chi connectivity index (χ4n) is 2.05. The predicted octanol–water partition coefficient (Wildman–Crippen LogP) is 0.466. The third-order valence-electron chi connectivity index (χ3n) is 3.14. The smallest absolute Gasteiger partial charge is 0.258 e. The molecule has 1 aliphatic rings. The zero-order valence-electron chi connectivity index (χ0n) is 11.2. The first-order valence-electron chi connectivity index (χ1n) is 6.55. The van der Waals surface area contributed by atoms with Gasteiger partial charge in [0.25, 0.3) is 5.56 Å². The van der Waals surface area contributed by atoms with Crippen molar-refractivity contribution in [1.82, 2.24) is 19.6 Å². The highest BCUT2D eigenvalue weighted by Crippen LogP contribution is 2.18. The number of hydrogen-bond acceptors (Lipinski definition) is 5. The van der Waals surface area contributed by atoms with Crippen molar-refractivity contribution in [2.75, 3.05) is 13.6 Å². The van der Waals surface area contributed by atoms with Crippen LogP contribution in [0, 0.1) is 0 Å². The number of nitrogens with one attached hydrogen (secondary N) is 1. The minimum Gasteiger partial charge on any atom is -0.352 e. The summed E-state index contributed by atoms with van der Waals surface area (Å²) in [7, 11) is 1.85. The Kier molecular flexibility index (Phi) is 3.54. The third kappa shape index (κ3) is 3.05. The fourth-order valence-corrected chi connectivity index (χ4v) is 2.79. The predicted molar refractivity (Wildman–Crippen MR) is 76.8 cm³/mol. The maximum Gasteiger partial charge on any atom is 0.258 e. The summed E-state index contributed by atoms with van der Waals surface area (Å²) in [4.78, 5) is 30.5. The van der Waals surface area contributed by atoms with Crippen LogP contribution in [0.25, 0.3) is 4.96 Å². The van der Waals surface area contributed by atoms with Crippen LogP contribution in [0.5, 0.6) is 0 Å². The summed E-state index contributed by atoms with van der Waals surface area (Å²) in [5.41, 5.74) is 0.612. The Morgan fingerprint density at radius 1 is 1.60 bits per heavy atom. The van der Waals surface area contributed by atoms with E-state index in [4.69, 9.17) is 0 Å². The summed E-state index contributed by atoms with van der Waals surface area (Å²) in [6.07, 6.45) is 3.89. The largest absolute Gasteiger partial charge is 0.352 e. The van der Waals surface area contributed by atoms with Gasteiger partial charge in [0, 0.05) is 30.2 Å². The summed E-state index contributed by atoms with van der Waals surface area (Å²) in [5.74, 6) is 0.0314. The molecule has 0 saturated heterocycles. The van der Waals surface area contributed by atoms with Crippen LogP contribution >= 0.6 is 11.3 Å². The second-order valence-electron chi connectivity index (χ2n) is 5.16. The van der Waals surface area contributed by atoms with Gasteiger partial charge in [-0.25, -0.2) is 4.98 Å². The van der Waals surface area contributed by atoms with Crippen LogP contribution in [0.15, 0.2) is 22.4 Å². The Hall–Kier alpha value is -1.73. The SMILES string of the molecule is CN(CC(=O)NC1CC1)Cc1cc(=O)n2ccsc2n1. The molecule has 0 radical (unpaired) electrons. The van der Waals surface area contributed by atoms with Gasteiger partial charge in [0.05, 0.1) is 12.2 Å². The highest BCUT2D eigenvalue weighted by Gasteiger charge is 2.23. The molecular weight excluding hydrogens is 276 g/mol. The zero-order valence-corrected chi connectivity index (χ0v) is 12.0. The van der Waals surface area contributed by atoms with Crippen LogP contribution < -0.4 is 10.9 Å². The van der Waals surface area contributed by atoms with Crippen molar-refractivity contribution < 1.29 is 4.79 Å². The molecule has 20 heavy (non-hydrogen) atoms. The van der Waals surface area contributed by atoms with Crippen LogP contribution in [-0.4, -0.2) is 39.8 Å². The number of hydrogen-bond donors (Lipinski definition) is 1. The van der Waals surface area contributed by atoms with Crippen molar-refractivity contribution in [3.8, 4) is 0 Å². The van der Waals surface area contributed by atoms with E-state index in [0.29, 0.717) is 29.8 Å². The van der Waals surface area contributed by atoms with E-state index in [0.717, 1.165) is 12.8 Å². The van der Waals surface area contributed by atoms with Gasteiger partial charge in [-0.3, -0.25) is 18.9 Å². The molecule has 1 N–H and O–H groups in total. The quantitative estimate of drug-likeness (QED) is 0.870. The maximum atomic E-state index is 11.8. The monoisotopic (exact) mass is 292 g/mol. The second kappa shape index (κ2) is 5.34. The van der Waals surface area contributed by atoms with Gasteiger partial charge >= 0.3 is 0 Å². The summed E-state index contributed by atoms with van der Waals surface area (Å²) in [6, 6.07) is 1.90. The van der Waals surface area contributed by atoms with E-state index in [-0.39, 0.29) is 11.5 Å². The Balaban J connectivity index is 1.65. The molecule has 0 spiro atoms. The van der Waals surface area contributed by atoms with Gasteiger partial charge in [0.2, 0.25) is 5.91 Å². The van der Waals surface area contributed by atoms with Crippen LogP contribution in [0.3, 0.4) is 0 Å². The molecule has 2 aromatic heterocycles. The highest BCUT2D eigenvalue weighted by molar-refractivity contribution is 7.15. The lowest BCUT2D eigenvalue weighted by Crippen LogP contribution is -2.36. The van der Waals surface area contributed by atoms with E-state index < -0.39 is 0 Å². The number of nitrogens with zero attached hydrogens (tertiary/aromatic N) is 3. The Bertz CT molecular complexity index is 689. The molecule has 1 amide bonds. The Morgan fingerprint density at radius 3 is 3.15 bits per heavy atom. The molecule has 1 saturated carbocycles. The van der Waals surface area contributed by atoms with Crippen LogP contribution in [0.2, 0.25) is 0 Å². The van der Waals surface area contributed by atoms with Crippen molar-refractivity contribution in [1.29, 1.82) is 0 Å². The molecule has 6 nitrogen and oxygen atoms in total. The molecule has 0 aliphatic heterocycles. The van der Waals surface area contributed by atoms with E-state index >= 15 is 0 Å². The second-order valence-corrected chi connectivity index (χ2v) is 6.03. The average molecular weight is 292 g/mol. The van der Waals surface area contributed by atoms with Crippen LogP contribution in [0.4, 0.5) is 0 Å². The minimum absolute atomic E-state index is 0.0314. The number of carbonyl (C=O) groups is 1. The van der Waals surface area contributed by atoms with E-state index in [2.05, 4.69) is 10.3 Å². The summed E-state index contributed by atoms with van der Waals surface area (Å²) >= 11 is 1.43. The standard InChI is InChI=1S/C13H16N4O2S/c1-16(8-11(18)14-9-2-3-9)7-10-6-12(19)17-4-5-20-13(17)15-10/h4-6,9H,2-3,7-8H2,1H3,(H,14,18). The molecule has 106 valence electrons. The lowest BCUT2D eigenvalue weighted by molar-refractivity contribution is -0.122. The van der Waals surface area contributed by atoms with Crippen molar-refractivity contribution in [3.63, 3.8) is 0 Å². The number of aromatic nitrogens is 2. The molecule has 2 aromatic rings. The first-order chi connectivity index (χ1) is 9.61. The fraction of sp³-hybridized carbons (Fsp3) is 0.462. The van der Waals surface area contributed by atoms with Gasteiger partial charge in [-0.2, -0.15) is 0 Å². The molecule has 2 heterocycles. The van der Waals surface area contributed by atoms with Gasteiger partial charge in [-0.1, -0.05) is 0 Å². The molecule has 7 heteroatoms. The van der Waals surface area contributed by atoms with E-state index in [1.54, 1.807) is 6.20 Å². The summed E-state index contributed by atoms with van der Waals surface area (Å²) in [5, 5.41) is 4.78. The molecule has 0 bridgehead atoms. The zero-order chi connectivity index (χ0) is 14.1. The van der Waals surface area contributed by atoms with E-state index in [1.807, 2.05) is 17.3 Å². The molecular formula is C13H16N4O2S. The number of rotatable bonds is 5. The van der Waals surface area contributed by atoms with Crippen molar-refractivity contribution in [3.05, 3.63) is 33.7 Å². The normalized spacial score (nSPS) is 14.9. The van der Waals surface area contributed by atoms with Gasteiger partial charge in [-0.05, 0) is 19.9 Å². The molecule has 0 aromatic carbocycles. The summed E-state index contributed by atoms with van der Waals surface area (Å²) < 4.78 is 1.52. The van der Waals surface area contributed by atoms with Crippen LogP contribution in [-0.2, 0) is 11.3 Å². The van der Waals surface area contributed by atoms with Crippen molar-refractivity contribution in [2.24, 2.45) is 0 Å². The summed E-state index contributed by atoms with van der Waals surface area (Å²) in [6.45, 7) is 0.809. The van der Waals surface area contributed by atoms with Crippen molar-refractivity contribution >= 4 is 22.2 Å². The first kappa shape index (κ1) is 13.3. The maximum absolute atomic E-state index is 11.8. The molecule has 1 aliphatic carbocycles. The van der Waals surface area contributed by atoms with Gasteiger partial charge < -0.3 is 5.32 Å². The molecule has 0 atom stereocenters. The number of thiazole rings is 1. The lowest BCUT2D eigenvalue weighted by atomic mass is 10.3. The number of likely N-dealkylation sites (N-methyl/N-ethyl adjacent to an activating group) is 1. The van der Waals surface area contributed by atoms with Gasteiger partial charge in [-0.15, -0.1) is 11.3 Å². The highest BCUT2D eigenvalue weighted by atomic mass is 32.1. The van der Waals surface area contributed by atoms with E-state index in [9.17, 15) is 9.59 Å². The number of carbonyl (C=O) groups excluding carboxylic acids is 1. The minimum atomic E-state index is -0.0814. The molecule has 0 unspecified atom stereocenters. The third-order valence-corrected chi connectivity index (χ3v) is 3.90. The topological polar surface area (TPSA) is 66.7 Å².